The van der Waals surface area contributed by atoms with Gasteiger partial charge in [-0.3, -0.25) is 4.68 Å². The van der Waals surface area contributed by atoms with Gasteiger partial charge in [0.2, 0.25) is 0 Å². The molecule has 3 nitrogen and oxygen atoms in total. The predicted octanol–water partition coefficient (Wildman–Crippen LogP) is 2.87. The fourth-order valence-electron chi connectivity index (χ4n) is 1.81. The second-order valence-corrected chi connectivity index (χ2v) is 5.19. The van der Waals surface area contributed by atoms with Gasteiger partial charge in [-0.1, -0.05) is 13.8 Å². The number of alkyl halides is 1. The predicted molar refractivity (Wildman–Crippen MR) is 73.5 cm³/mol. The van der Waals surface area contributed by atoms with Crippen molar-refractivity contribution in [3.8, 4) is 0 Å². The Morgan fingerprint density at radius 2 is 2.18 bits per heavy atom. The van der Waals surface area contributed by atoms with Crippen LogP contribution in [0.25, 0.3) is 0 Å². The molecule has 0 spiro atoms. The van der Waals surface area contributed by atoms with Crippen molar-refractivity contribution in [2.24, 2.45) is 7.05 Å². The van der Waals surface area contributed by atoms with Crippen LogP contribution in [0.1, 0.15) is 45.0 Å². The number of rotatable bonds is 7. The second kappa shape index (κ2) is 6.41. The fourth-order valence-corrected chi connectivity index (χ4v) is 2.23. The van der Waals surface area contributed by atoms with Crippen LogP contribution < -0.4 is 5.32 Å². The summed E-state index contributed by atoms with van der Waals surface area (Å²) in [5.41, 5.74) is 2.51. The zero-order valence-electron chi connectivity index (χ0n) is 11.4. The van der Waals surface area contributed by atoms with Gasteiger partial charge in [0.15, 0.2) is 0 Å². The number of aromatic nitrogens is 2. The molecule has 0 aromatic carbocycles. The molecule has 1 atom stereocenters. The molecule has 17 heavy (non-hydrogen) atoms. The van der Waals surface area contributed by atoms with Gasteiger partial charge in [-0.2, -0.15) is 5.10 Å². The molecule has 1 heterocycles. The lowest BCUT2D eigenvalue weighted by atomic mass is 9.95. The molecule has 0 saturated heterocycles. The summed E-state index contributed by atoms with van der Waals surface area (Å²) in [6, 6.07) is 2.17. The number of nitrogens with one attached hydrogen (secondary N) is 1. The molecule has 0 fully saturated rings. The van der Waals surface area contributed by atoms with Crippen LogP contribution in [0.4, 0.5) is 0 Å². The maximum atomic E-state index is 5.85. The minimum Gasteiger partial charge on any atom is -0.306 e. The Labute approximate surface area is 110 Å². The van der Waals surface area contributed by atoms with E-state index in [-0.39, 0.29) is 5.54 Å². The second-order valence-electron chi connectivity index (χ2n) is 4.81. The van der Waals surface area contributed by atoms with E-state index < -0.39 is 0 Å². The summed E-state index contributed by atoms with van der Waals surface area (Å²) in [6.07, 6.45) is 3.06. The van der Waals surface area contributed by atoms with Gasteiger partial charge in [0.1, 0.15) is 0 Å². The summed E-state index contributed by atoms with van der Waals surface area (Å²) in [6.45, 7) is 7.40. The molecular formula is C13H24ClN3. The lowest BCUT2D eigenvalue weighted by Gasteiger charge is -2.29. The SMILES string of the molecule is CCc1cc(CNC(C)(CC)CCCl)n(C)n1. The van der Waals surface area contributed by atoms with E-state index in [2.05, 4.69) is 37.3 Å². The van der Waals surface area contributed by atoms with Crippen LogP contribution in [0.15, 0.2) is 6.07 Å². The van der Waals surface area contributed by atoms with Crippen molar-refractivity contribution in [2.75, 3.05) is 5.88 Å². The number of hydrogen-bond donors (Lipinski definition) is 1. The maximum absolute atomic E-state index is 5.85. The highest BCUT2D eigenvalue weighted by Crippen LogP contribution is 2.16. The number of halogens is 1. The Morgan fingerprint density at radius 1 is 1.47 bits per heavy atom. The van der Waals surface area contributed by atoms with Crippen LogP contribution in [0.5, 0.6) is 0 Å². The van der Waals surface area contributed by atoms with Gasteiger partial charge in [0, 0.05) is 25.0 Å². The summed E-state index contributed by atoms with van der Waals surface area (Å²) in [7, 11) is 2.00. The zero-order valence-corrected chi connectivity index (χ0v) is 12.1. The first-order valence-electron chi connectivity index (χ1n) is 6.37. The summed E-state index contributed by atoms with van der Waals surface area (Å²) in [5, 5.41) is 8.05. The Bertz CT molecular complexity index is 348. The van der Waals surface area contributed by atoms with Gasteiger partial charge in [0.05, 0.1) is 11.4 Å². The van der Waals surface area contributed by atoms with Crippen LogP contribution in [0.3, 0.4) is 0 Å². The lowest BCUT2D eigenvalue weighted by Crippen LogP contribution is -2.41. The molecule has 1 unspecified atom stereocenters. The number of aryl methyl sites for hydroxylation is 2. The van der Waals surface area contributed by atoms with Crippen molar-refractivity contribution >= 4 is 11.6 Å². The first-order valence-corrected chi connectivity index (χ1v) is 6.91. The van der Waals surface area contributed by atoms with Crippen LogP contribution >= 0.6 is 11.6 Å². The van der Waals surface area contributed by atoms with Crippen LogP contribution in [0, 0.1) is 0 Å². The molecule has 1 rings (SSSR count). The van der Waals surface area contributed by atoms with Crippen molar-refractivity contribution in [2.45, 2.75) is 52.1 Å². The Hall–Kier alpha value is -0.540. The van der Waals surface area contributed by atoms with Gasteiger partial charge in [-0.15, -0.1) is 11.6 Å². The van der Waals surface area contributed by atoms with Crippen molar-refractivity contribution in [1.82, 2.24) is 15.1 Å². The highest BCUT2D eigenvalue weighted by molar-refractivity contribution is 6.17. The smallest absolute Gasteiger partial charge is 0.0625 e. The van der Waals surface area contributed by atoms with E-state index in [0.717, 1.165) is 31.5 Å². The van der Waals surface area contributed by atoms with Gasteiger partial charge in [-0.05, 0) is 32.3 Å². The standard InChI is InChI=1S/C13H24ClN3/c1-5-11-9-12(17(4)16-11)10-15-13(3,6-2)7-8-14/h9,15H,5-8,10H2,1-4H3. The van der Waals surface area contributed by atoms with Crippen LogP contribution in [0.2, 0.25) is 0 Å². The fraction of sp³-hybridized carbons (Fsp3) is 0.769. The van der Waals surface area contributed by atoms with Gasteiger partial charge in [0.25, 0.3) is 0 Å². The summed E-state index contributed by atoms with van der Waals surface area (Å²) in [4.78, 5) is 0. The monoisotopic (exact) mass is 257 g/mol. The van der Waals surface area contributed by atoms with Crippen LogP contribution in [-0.2, 0) is 20.0 Å². The van der Waals surface area contributed by atoms with E-state index in [1.165, 1.54) is 5.69 Å². The minimum absolute atomic E-state index is 0.123. The Balaban J connectivity index is 2.62. The summed E-state index contributed by atoms with van der Waals surface area (Å²) < 4.78 is 1.96. The van der Waals surface area contributed by atoms with E-state index in [4.69, 9.17) is 11.6 Å². The van der Waals surface area contributed by atoms with E-state index in [9.17, 15) is 0 Å². The number of nitrogens with zero attached hydrogens (tertiary/aromatic N) is 2. The quantitative estimate of drug-likeness (QED) is 0.762. The molecule has 1 N–H and O–H groups in total. The third-order valence-corrected chi connectivity index (χ3v) is 3.70. The van der Waals surface area contributed by atoms with Gasteiger partial charge in [-0.25, -0.2) is 0 Å². The Kier molecular flexibility index (Phi) is 5.47. The molecule has 1 aromatic heterocycles. The summed E-state index contributed by atoms with van der Waals surface area (Å²) in [5.74, 6) is 0.697. The topological polar surface area (TPSA) is 29.9 Å². The molecule has 98 valence electrons. The third kappa shape index (κ3) is 4.00. The van der Waals surface area contributed by atoms with Gasteiger partial charge >= 0.3 is 0 Å². The molecular weight excluding hydrogens is 234 g/mol. The first-order chi connectivity index (χ1) is 8.04. The molecule has 0 aliphatic heterocycles. The average molecular weight is 258 g/mol. The average Bonchev–Trinajstić information content (AvgIpc) is 2.68. The third-order valence-electron chi connectivity index (χ3n) is 3.51. The highest BCUT2D eigenvalue weighted by Gasteiger charge is 2.20. The molecule has 0 aliphatic carbocycles. The molecule has 4 heteroatoms. The molecule has 1 aromatic rings. The summed E-state index contributed by atoms with van der Waals surface area (Å²) >= 11 is 5.85. The Morgan fingerprint density at radius 3 is 2.65 bits per heavy atom. The molecule has 0 aliphatic rings. The van der Waals surface area contributed by atoms with Crippen molar-refractivity contribution < 1.29 is 0 Å². The first kappa shape index (κ1) is 14.5. The largest absolute Gasteiger partial charge is 0.306 e. The molecule has 0 bridgehead atoms. The number of hydrogen-bond acceptors (Lipinski definition) is 2. The molecule has 0 amide bonds. The molecule has 0 radical (unpaired) electrons. The van der Waals surface area contributed by atoms with E-state index in [1.54, 1.807) is 0 Å². The highest BCUT2D eigenvalue weighted by atomic mass is 35.5. The maximum Gasteiger partial charge on any atom is 0.0625 e. The van der Waals surface area contributed by atoms with Crippen molar-refractivity contribution in [3.63, 3.8) is 0 Å². The molecule has 0 saturated carbocycles. The van der Waals surface area contributed by atoms with E-state index in [0.29, 0.717) is 5.88 Å². The minimum atomic E-state index is 0.123. The van der Waals surface area contributed by atoms with Crippen molar-refractivity contribution in [3.05, 3.63) is 17.5 Å². The van der Waals surface area contributed by atoms with Gasteiger partial charge < -0.3 is 5.32 Å². The van der Waals surface area contributed by atoms with E-state index in [1.807, 2.05) is 11.7 Å². The van der Waals surface area contributed by atoms with Crippen molar-refractivity contribution in [1.29, 1.82) is 0 Å². The normalized spacial score (nSPS) is 14.9. The van der Waals surface area contributed by atoms with E-state index >= 15 is 0 Å². The van der Waals surface area contributed by atoms with Crippen LogP contribution in [-0.4, -0.2) is 21.2 Å². The zero-order chi connectivity index (χ0) is 12.9. The lowest BCUT2D eigenvalue weighted by molar-refractivity contribution is 0.327.